The summed E-state index contributed by atoms with van der Waals surface area (Å²) < 4.78 is 6.92. The van der Waals surface area contributed by atoms with E-state index in [4.69, 9.17) is 4.74 Å². The lowest BCUT2D eigenvalue weighted by Gasteiger charge is -2.23. The first-order valence-corrected chi connectivity index (χ1v) is 14.3. The highest BCUT2D eigenvalue weighted by atomic mass is 16.5. The van der Waals surface area contributed by atoms with E-state index >= 15 is 0 Å². The van der Waals surface area contributed by atoms with Gasteiger partial charge in [0, 0.05) is 42.7 Å². The van der Waals surface area contributed by atoms with Crippen molar-refractivity contribution in [1.29, 1.82) is 0 Å². The van der Waals surface area contributed by atoms with E-state index in [-0.39, 0.29) is 24.1 Å². The van der Waals surface area contributed by atoms with Crippen molar-refractivity contribution in [3.05, 3.63) is 110 Å². The summed E-state index contributed by atoms with van der Waals surface area (Å²) in [5.74, 6) is 1.42. The van der Waals surface area contributed by atoms with E-state index in [1.54, 1.807) is 18.5 Å². The van der Waals surface area contributed by atoms with Crippen LogP contribution in [-0.4, -0.2) is 38.1 Å². The predicted molar refractivity (Wildman–Crippen MR) is 163 cm³/mol. The van der Waals surface area contributed by atoms with Crippen molar-refractivity contribution in [3.63, 3.8) is 0 Å². The summed E-state index contributed by atoms with van der Waals surface area (Å²) in [5, 5.41) is 2.98. The second-order valence-corrected chi connectivity index (χ2v) is 10.7. The molecule has 3 aromatic heterocycles. The highest BCUT2D eigenvalue weighted by molar-refractivity contribution is 6.11. The van der Waals surface area contributed by atoms with Crippen LogP contribution in [0.15, 0.2) is 70.5 Å². The van der Waals surface area contributed by atoms with E-state index < -0.39 is 5.69 Å². The van der Waals surface area contributed by atoms with Crippen molar-refractivity contribution in [3.8, 4) is 0 Å². The molecule has 1 aliphatic carbocycles. The van der Waals surface area contributed by atoms with Crippen molar-refractivity contribution in [2.24, 2.45) is 0 Å². The van der Waals surface area contributed by atoms with Crippen LogP contribution >= 0.6 is 0 Å². The molecule has 0 radical (unpaired) electrons. The summed E-state index contributed by atoms with van der Waals surface area (Å²) in [5.41, 5.74) is 4.11. The Balaban J connectivity index is 0.000000168. The maximum absolute atomic E-state index is 12.4. The second-order valence-electron chi connectivity index (χ2n) is 10.7. The number of carbonyl (C=O) groups excluding carboxylic acids is 1. The molecular weight excluding hydrogens is 532 g/mol. The standard InChI is InChI=1S/C17H22N2O3.C15H14N4O/c1-4-22-11-19-14(10-13-8-6-5-7-9-13)15(12(2)3)16(20)18-17(19)21;1-9-6-8-17-14-12(9)18-15(20)11-3-2-7-16-13(11)19(14)10-4-5-10/h5-9,12H,4,10-11H2,1-3H3,(H,18,20,21);2-3,6-8,10H,4-5H2,1H3,(H,18,20). The van der Waals surface area contributed by atoms with E-state index in [2.05, 4.69) is 25.2 Å². The van der Waals surface area contributed by atoms with Crippen LogP contribution in [0.25, 0.3) is 0 Å². The van der Waals surface area contributed by atoms with Gasteiger partial charge >= 0.3 is 5.69 Å². The molecule has 6 rings (SSSR count). The largest absolute Gasteiger partial charge is 0.361 e. The van der Waals surface area contributed by atoms with Crippen LogP contribution in [0.3, 0.4) is 0 Å². The Labute approximate surface area is 244 Å². The molecule has 0 unspecified atom stereocenters. The van der Waals surface area contributed by atoms with Gasteiger partial charge in [-0.2, -0.15) is 0 Å². The molecular formula is C32H36N6O4. The number of rotatable bonds is 7. The fourth-order valence-electron chi connectivity index (χ4n) is 5.13. The number of hydrogen-bond acceptors (Lipinski definition) is 7. The molecule has 218 valence electrons. The molecule has 4 aromatic rings. The van der Waals surface area contributed by atoms with E-state index in [1.165, 1.54) is 4.57 Å². The average Bonchev–Trinajstić information content (AvgIpc) is 3.81. The van der Waals surface area contributed by atoms with Crippen LogP contribution in [0.1, 0.15) is 72.3 Å². The predicted octanol–water partition coefficient (Wildman–Crippen LogP) is 4.90. The SMILES string of the molecule is CCOCn1c(Cc2ccccc2)c(C(C)C)c(=O)[nH]c1=O.Cc1ccnc2c1NC(=O)c1cccnc1N2C1CC1. The zero-order valence-corrected chi connectivity index (χ0v) is 24.4. The number of nitrogens with zero attached hydrogens (tertiary/aromatic N) is 4. The minimum absolute atomic E-state index is 0.0240. The fraction of sp³-hybridized carbons (Fsp3) is 0.344. The fourth-order valence-corrected chi connectivity index (χ4v) is 5.13. The maximum Gasteiger partial charge on any atom is 0.330 e. The first-order chi connectivity index (χ1) is 20.3. The Morgan fingerprint density at radius 3 is 2.40 bits per heavy atom. The number of aryl methyl sites for hydroxylation is 1. The van der Waals surface area contributed by atoms with Crippen LogP contribution in [0.4, 0.5) is 17.3 Å². The van der Waals surface area contributed by atoms with Gasteiger partial charge in [0.1, 0.15) is 12.5 Å². The number of H-pyrrole nitrogens is 1. The second kappa shape index (κ2) is 12.5. The molecule has 0 saturated heterocycles. The first kappa shape index (κ1) is 28.9. The highest BCUT2D eigenvalue weighted by Gasteiger charge is 2.37. The smallest absolute Gasteiger partial charge is 0.330 e. The number of anilines is 3. The molecule has 0 atom stereocenters. The number of carbonyl (C=O) groups is 1. The van der Waals surface area contributed by atoms with Gasteiger partial charge in [0.25, 0.3) is 11.5 Å². The van der Waals surface area contributed by atoms with Crippen LogP contribution in [0, 0.1) is 6.92 Å². The maximum atomic E-state index is 12.4. The van der Waals surface area contributed by atoms with Crippen LogP contribution < -0.4 is 21.5 Å². The Morgan fingerprint density at radius 2 is 1.71 bits per heavy atom. The minimum atomic E-state index is -0.422. The highest BCUT2D eigenvalue weighted by Crippen LogP contribution is 2.43. The number of ether oxygens (including phenoxy) is 1. The molecule has 1 aliphatic heterocycles. The number of aromatic amines is 1. The monoisotopic (exact) mass is 568 g/mol. The number of benzene rings is 1. The molecule has 10 heteroatoms. The lowest BCUT2D eigenvalue weighted by atomic mass is 9.98. The van der Waals surface area contributed by atoms with Crippen molar-refractivity contribution in [2.75, 3.05) is 16.8 Å². The number of fused-ring (bicyclic) bond motifs is 2. The van der Waals surface area contributed by atoms with Gasteiger partial charge in [0.05, 0.1) is 11.3 Å². The number of nitrogens with one attached hydrogen (secondary N) is 2. The van der Waals surface area contributed by atoms with Crippen molar-refractivity contribution in [2.45, 2.75) is 65.6 Å². The van der Waals surface area contributed by atoms with Crippen LogP contribution in [0.5, 0.6) is 0 Å². The third-order valence-corrected chi connectivity index (χ3v) is 7.34. The molecule has 2 aliphatic rings. The van der Waals surface area contributed by atoms with Crippen LogP contribution in [0.2, 0.25) is 0 Å². The summed E-state index contributed by atoms with van der Waals surface area (Å²) in [6, 6.07) is 15.7. The van der Waals surface area contributed by atoms with Crippen molar-refractivity contribution >= 4 is 23.2 Å². The number of aromatic nitrogens is 4. The lowest BCUT2D eigenvalue weighted by Crippen LogP contribution is -2.36. The normalized spacial score (nSPS) is 13.9. The zero-order valence-electron chi connectivity index (χ0n) is 24.4. The molecule has 1 saturated carbocycles. The van der Waals surface area contributed by atoms with Crippen molar-refractivity contribution in [1.82, 2.24) is 19.5 Å². The van der Waals surface area contributed by atoms with Gasteiger partial charge in [-0.1, -0.05) is 44.2 Å². The summed E-state index contributed by atoms with van der Waals surface area (Å²) in [7, 11) is 0. The molecule has 0 spiro atoms. The van der Waals surface area contributed by atoms with Crippen LogP contribution in [-0.2, 0) is 17.9 Å². The average molecular weight is 569 g/mol. The molecule has 2 N–H and O–H groups in total. The quantitative estimate of drug-likeness (QED) is 0.325. The third-order valence-electron chi connectivity index (χ3n) is 7.34. The molecule has 10 nitrogen and oxygen atoms in total. The Morgan fingerprint density at radius 1 is 0.976 bits per heavy atom. The Bertz CT molecular complexity index is 1690. The molecule has 0 bridgehead atoms. The van der Waals surface area contributed by atoms with Gasteiger partial charge in [-0.3, -0.25) is 19.1 Å². The summed E-state index contributed by atoms with van der Waals surface area (Å²) >= 11 is 0. The van der Waals surface area contributed by atoms with Gasteiger partial charge in [0.2, 0.25) is 0 Å². The molecule has 1 fully saturated rings. The Hall–Kier alpha value is -4.57. The number of hydrogen-bond donors (Lipinski definition) is 2. The van der Waals surface area contributed by atoms with E-state index in [0.717, 1.165) is 41.2 Å². The molecule has 1 aromatic carbocycles. The molecule has 1 amide bonds. The third kappa shape index (κ3) is 6.03. The first-order valence-electron chi connectivity index (χ1n) is 14.3. The van der Waals surface area contributed by atoms with Gasteiger partial charge in [-0.05, 0) is 61.9 Å². The van der Waals surface area contributed by atoms with E-state index in [1.807, 2.05) is 70.2 Å². The minimum Gasteiger partial charge on any atom is -0.361 e. The molecule has 4 heterocycles. The lowest BCUT2D eigenvalue weighted by molar-refractivity contribution is 0.0821. The van der Waals surface area contributed by atoms with E-state index in [0.29, 0.717) is 36.0 Å². The van der Waals surface area contributed by atoms with Gasteiger partial charge in [-0.15, -0.1) is 0 Å². The molecule has 42 heavy (non-hydrogen) atoms. The summed E-state index contributed by atoms with van der Waals surface area (Å²) in [6.07, 6.45) is 6.26. The van der Waals surface area contributed by atoms with E-state index in [9.17, 15) is 14.4 Å². The van der Waals surface area contributed by atoms with Crippen molar-refractivity contribution < 1.29 is 9.53 Å². The summed E-state index contributed by atoms with van der Waals surface area (Å²) in [4.78, 5) is 50.2. The Kier molecular flexibility index (Phi) is 8.63. The van der Waals surface area contributed by atoms with Gasteiger partial charge < -0.3 is 15.0 Å². The van der Waals surface area contributed by atoms with Gasteiger partial charge in [0.15, 0.2) is 5.82 Å². The number of amides is 1. The topological polar surface area (TPSA) is 122 Å². The zero-order chi connectivity index (χ0) is 29.8. The number of pyridine rings is 2. The summed E-state index contributed by atoms with van der Waals surface area (Å²) in [6.45, 7) is 8.41. The van der Waals surface area contributed by atoms with Gasteiger partial charge in [-0.25, -0.2) is 14.8 Å².